The molecule has 1 aliphatic rings. The molecular formula is C13H14N2O3. The number of rotatable bonds is 2. The summed E-state index contributed by atoms with van der Waals surface area (Å²) in [5.41, 5.74) is 3.32. The minimum atomic E-state index is -0.434. The Morgan fingerprint density at radius 2 is 2.06 bits per heavy atom. The summed E-state index contributed by atoms with van der Waals surface area (Å²) in [5.74, 6) is -0.434. The molecule has 0 saturated heterocycles. The van der Waals surface area contributed by atoms with Crippen molar-refractivity contribution in [3.63, 3.8) is 0 Å². The maximum atomic E-state index is 11.7. The number of carbonyl (C=O) groups is 2. The Kier molecular flexibility index (Phi) is 3.32. The molecule has 0 aromatic heterocycles. The van der Waals surface area contributed by atoms with Crippen molar-refractivity contribution in [3.05, 3.63) is 41.1 Å². The Bertz CT molecular complexity index is 535. The van der Waals surface area contributed by atoms with Gasteiger partial charge in [0.2, 0.25) is 0 Å². The van der Waals surface area contributed by atoms with E-state index in [1.807, 2.05) is 32.0 Å². The highest BCUT2D eigenvalue weighted by Gasteiger charge is 2.15. The van der Waals surface area contributed by atoms with Crippen LogP contribution in [0.1, 0.15) is 11.1 Å². The van der Waals surface area contributed by atoms with Crippen molar-refractivity contribution in [2.24, 2.45) is 0 Å². The van der Waals surface area contributed by atoms with Crippen LogP contribution >= 0.6 is 0 Å². The monoisotopic (exact) mass is 246 g/mol. The number of esters is 1. The third-order valence-electron chi connectivity index (χ3n) is 2.57. The van der Waals surface area contributed by atoms with E-state index < -0.39 is 5.97 Å². The molecule has 5 heteroatoms. The molecule has 0 bridgehead atoms. The zero-order chi connectivity index (χ0) is 13.1. The van der Waals surface area contributed by atoms with E-state index in [2.05, 4.69) is 15.4 Å². The van der Waals surface area contributed by atoms with Crippen LogP contribution in [0.2, 0.25) is 0 Å². The fraction of sp³-hybridized carbons (Fsp3) is 0.231. The lowest BCUT2D eigenvalue weighted by Crippen LogP contribution is -2.29. The predicted molar refractivity (Wildman–Crippen MR) is 67.1 cm³/mol. The molecule has 0 spiro atoms. The van der Waals surface area contributed by atoms with Crippen molar-refractivity contribution in [2.45, 2.75) is 13.8 Å². The Balaban J connectivity index is 1.99. The normalized spacial score (nSPS) is 13.9. The van der Waals surface area contributed by atoms with Gasteiger partial charge in [-0.1, -0.05) is 17.7 Å². The summed E-state index contributed by atoms with van der Waals surface area (Å²) in [6, 6.07) is 5.36. The molecule has 0 atom stereocenters. The predicted octanol–water partition coefficient (Wildman–Crippen LogP) is 1.87. The van der Waals surface area contributed by atoms with E-state index >= 15 is 0 Å². The lowest BCUT2D eigenvalue weighted by molar-refractivity contribution is -0.134. The topological polar surface area (TPSA) is 67.4 Å². The molecule has 5 nitrogen and oxygen atoms in total. The van der Waals surface area contributed by atoms with Gasteiger partial charge in [0.1, 0.15) is 6.61 Å². The molecule has 94 valence electrons. The molecule has 2 N–H and O–H groups in total. The molecule has 1 aliphatic heterocycles. The van der Waals surface area contributed by atoms with Crippen LogP contribution in [0.3, 0.4) is 0 Å². The van der Waals surface area contributed by atoms with Crippen LogP contribution in [0.5, 0.6) is 0 Å². The number of benzene rings is 1. The van der Waals surface area contributed by atoms with E-state index in [0.717, 1.165) is 16.8 Å². The lowest BCUT2D eigenvalue weighted by Gasteiger charge is -2.10. The van der Waals surface area contributed by atoms with E-state index in [1.54, 1.807) is 0 Å². The largest absolute Gasteiger partial charge is 0.456 e. The number of hydrogen-bond acceptors (Lipinski definition) is 3. The first-order valence-corrected chi connectivity index (χ1v) is 5.57. The Labute approximate surface area is 105 Å². The maximum Gasteiger partial charge on any atom is 0.333 e. The summed E-state index contributed by atoms with van der Waals surface area (Å²) >= 11 is 0. The number of urea groups is 1. The SMILES string of the molecule is Cc1ccc(NC(=O)NC2=CC(=O)OC2)c(C)c1. The first-order chi connectivity index (χ1) is 8.54. The van der Waals surface area contributed by atoms with Crippen molar-refractivity contribution in [1.82, 2.24) is 5.32 Å². The van der Waals surface area contributed by atoms with Gasteiger partial charge in [0.15, 0.2) is 0 Å². The summed E-state index contributed by atoms with van der Waals surface area (Å²) in [6.07, 6.45) is 1.27. The number of hydrogen-bond donors (Lipinski definition) is 2. The third-order valence-corrected chi connectivity index (χ3v) is 2.57. The second-order valence-corrected chi connectivity index (χ2v) is 4.17. The number of ether oxygens (including phenoxy) is 1. The van der Waals surface area contributed by atoms with E-state index in [4.69, 9.17) is 0 Å². The Hall–Kier alpha value is -2.30. The van der Waals surface area contributed by atoms with Crippen LogP contribution < -0.4 is 10.6 Å². The molecule has 0 saturated carbocycles. The standard InChI is InChI=1S/C13H14N2O3/c1-8-3-4-11(9(2)5-8)15-13(17)14-10-6-12(16)18-7-10/h3-6H,7H2,1-2H3,(H2,14,15,17). The first-order valence-electron chi connectivity index (χ1n) is 5.57. The quantitative estimate of drug-likeness (QED) is 0.783. The number of aryl methyl sites for hydroxylation is 2. The number of nitrogens with one attached hydrogen (secondary N) is 2. The van der Waals surface area contributed by atoms with Gasteiger partial charge in [-0.2, -0.15) is 0 Å². The summed E-state index contributed by atoms with van der Waals surface area (Å²) in [7, 11) is 0. The van der Waals surface area contributed by atoms with E-state index in [9.17, 15) is 9.59 Å². The van der Waals surface area contributed by atoms with Gasteiger partial charge in [-0.15, -0.1) is 0 Å². The highest BCUT2D eigenvalue weighted by atomic mass is 16.5. The van der Waals surface area contributed by atoms with Crippen molar-refractivity contribution in [2.75, 3.05) is 11.9 Å². The molecule has 0 fully saturated rings. The summed E-state index contributed by atoms with van der Waals surface area (Å²) in [5, 5.41) is 5.29. The highest BCUT2D eigenvalue weighted by molar-refractivity contribution is 5.93. The second-order valence-electron chi connectivity index (χ2n) is 4.17. The minimum Gasteiger partial charge on any atom is -0.456 e. The highest BCUT2D eigenvalue weighted by Crippen LogP contribution is 2.16. The third kappa shape index (κ3) is 2.88. The summed E-state index contributed by atoms with van der Waals surface area (Å²) < 4.78 is 4.68. The average Bonchev–Trinajstić information content (AvgIpc) is 2.68. The molecule has 0 radical (unpaired) electrons. The molecule has 1 aromatic rings. The molecule has 1 aromatic carbocycles. The number of anilines is 1. The maximum absolute atomic E-state index is 11.7. The van der Waals surface area contributed by atoms with Gasteiger partial charge in [0.05, 0.1) is 5.70 Å². The molecule has 2 amide bonds. The van der Waals surface area contributed by atoms with Crippen LogP contribution in [-0.2, 0) is 9.53 Å². The number of amides is 2. The molecule has 18 heavy (non-hydrogen) atoms. The fourth-order valence-electron chi connectivity index (χ4n) is 1.70. The van der Waals surface area contributed by atoms with E-state index in [-0.39, 0.29) is 12.6 Å². The molecular weight excluding hydrogens is 232 g/mol. The van der Waals surface area contributed by atoms with Crippen LogP contribution in [0.15, 0.2) is 30.0 Å². The van der Waals surface area contributed by atoms with Crippen LogP contribution in [0.4, 0.5) is 10.5 Å². The zero-order valence-electron chi connectivity index (χ0n) is 10.2. The van der Waals surface area contributed by atoms with Gasteiger partial charge in [-0.25, -0.2) is 9.59 Å². The fourth-order valence-corrected chi connectivity index (χ4v) is 1.70. The summed E-state index contributed by atoms with van der Waals surface area (Å²) in [6.45, 7) is 4.02. The molecule has 1 heterocycles. The smallest absolute Gasteiger partial charge is 0.333 e. The van der Waals surface area contributed by atoms with E-state index in [0.29, 0.717) is 5.70 Å². The van der Waals surface area contributed by atoms with Gasteiger partial charge in [-0.05, 0) is 25.5 Å². The van der Waals surface area contributed by atoms with E-state index in [1.165, 1.54) is 6.08 Å². The van der Waals surface area contributed by atoms with Crippen molar-refractivity contribution in [1.29, 1.82) is 0 Å². The number of cyclic esters (lactones) is 1. The van der Waals surface area contributed by atoms with Crippen molar-refractivity contribution in [3.8, 4) is 0 Å². The lowest BCUT2D eigenvalue weighted by atomic mass is 10.1. The Morgan fingerprint density at radius 3 is 2.67 bits per heavy atom. The minimum absolute atomic E-state index is 0.110. The average molecular weight is 246 g/mol. The van der Waals surface area contributed by atoms with Gasteiger partial charge in [0.25, 0.3) is 0 Å². The number of carbonyl (C=O) groups excluding carboxylic acids is 2. The van der Waals surface area contributed by atoms with Crippen LogP contribution in [-0.4, -0.2) is 18.6 Å². The molecule has 0 aliphatic carbocycles. The van der Waals surface area contributed by atoms with Crippen LogP contribution in [0, 0.1) is 13.8 Å². The Morgan fingerprint density at radius 1 is 1.28 bits per heavy atom. The molecule has 2 rings (SSSR count). The first kappa shape index (κ1) is 12.2. The molecule has 0 unspecified atom stereocenters. The van der Waals surface area contributed by atoms with Crippen molar-refractivity contribution < 1.29 is 14.3 Å². The van der Waals surface area contributed by atoms with Gasteiger partial charge >= 0.3 is 12.0 Å². The van der Waals surface area contributed by atoms with Gasteiger partial charge in [-0.3, -0.25) is 0 Å². The second kappa shape index (κ2) is 4.91. The van der Waals surface area contributed by atoms with Crippen molar-refractivity contribution >= 4 is 17.7 Å². The van der Waals surface area contributed by atoms with Gasteiger partial charge in [0, 0.05) is 11.8 Å². The summed E-state index contributed by atoms with van der Waals surface area (Å²) in [4.78, 5) is 22.5. The van der Waals surface area contributed by atoms with Crippen LogP contribution in [0.25, 0.3) is 0 Å². The zero-order valence-corrected chi connectivity index (χ0v) is 10.2. The van der Waals surface area contributed by atoms with Gasteiger partial charge < -0.3 is 15.4 Å².